The number of nitrogens with one attached hydrogen (secondary N) is 1. The average molecular weight is 630 g/mol. The molecular weight excluding hydrogens is 611 g/mol. The summed E-state index contributed by atoms with van der Waals surface area (Å²) in [5, 5.41) is 12.4. The van der Waals surface area contributed by atoms with E-state index >= 15 is 0 Å². The molecule has 0 atom stereocenters. The highest BCUT2D eigenvalue weighted by molar-refractivity contribution is 14.1. The molecule has 1 saturated carbocycles. The van der Waals surface area contributed by atoms with Crippen LogP contribution >= 0.6 is 54.5 Å². The third-order valence-electron chi connectivity index (χ3n) is 4.68. The van der Waals surface area contributed by atoms with Crippen molar-refractivity contribution in [3.05, 3.63) is 65.6 Å². The summed E-state index contributed by atoms with van der Waals surface area (Å²) >= 11 is 9.34. The molecule has 0 unspecified atom stereocenters. The summed E-state index contributed by atoms with van der Waals surface area (Å²) in [7, 11) is 0. The standard InChI is InChI=1S/C22H19Br2IN2O2/c23-19-10-15(9-16(12-26)22(28)27-18-3-1-2-4-18)11-20(24)21(19)29-13-14-5-7-17(25)8-6-14/h5-11,18H,1-4,13H2,(H,27,28)/b16-9-. The number of halogens is 3. The number of carbonyl (C=O) groups is 1. The SMILES string of the molecule is N#C/C(=C/c1cc(Br)c(OCc2ccc(I)cc2)c(Br)c1)C(=O)NC1CCCC1. The van der Waals surface area contributed by atoms with Crippen molar-refractivity contribution in [1.82, 2.24) is 5.32 Å². The van der Waals surface area contributed by atoms with Crippen LogP contribution in [0, 0.1) is 14.9 Å². The molecule has 1 fully saturated rings. The number of ether oxygens (including phenoxy) is 1. The van der Waals surface area contributed by atoms with Crippen molar-refractivity contribution in [2.45, 2.75) is 38.3 Å². The van der Waals surface area contributed by atoms with Gasteiger partial charge in [-0.3, -0.25) is 4.79 Å². The van der Waals surface area contributed by atoms with Gasteiger partial charge in [0, 0.05) is 9.61 Å². The monoisotopic (exact) mass is 628 g/mol. The van der Waals surface area contributed by atoms with Crippen molar-refractivity contribution in [2.75, 3.05) is 0 Å². The zero-order chi connectivity index (χ0) is 20.8. The van der Waals surface area contributed by atoms with Gasteiger partial charge in [0.2, 0.25) is 0 Å². The normalized spacial score (nSPS) is 14.5. The highest BCUT2D eigenvalue weighted by Crippen LogP contribution is 2.36. The molecule has 0 spiro atoms. The van der Waals surface area contributed by atoms with E-state index in [9.17, 15) is 10.1 Å². The van der Waals surface area contributed by atoms with Crippen molar-refractivity contribution in [2.24, 2.45) is 0 Å². The van der Waals surface area contributed by atoms with Crippen molar-refractivity contribution in [3.8, 4) is 11.8 Å². The number of hydrogen-bond donors (Lipinski definition) is 1. The van der Waals surface area contributed by atoms with Gasteiger partial charge >= 0.3 is 0 Å². The van der Waals surface area contributed by atoms with Crippen LogP contribution in [-0.2, 0) is 11.4 Å². The Bertz CT molecular complexity index is 939. The molecule has 150 valence electrons. The third-order valence-corrected chi connectivity index (χ3v) is 6.58. The van der Waals surface area contributed by atoms with Crippen LogP contribution in [0.4, 0.5) is 0 Å². The molecule has 0 bridgehead atoms. The van der Waals surface area contributed by atoms with E-state index in [-0.39, 0.29) is 17.5 Å². The first-order valence-corrected chi connectivity index (χ1v) is 11.9. The zero-order valence-electron chi connectivity index (χ0n) is 15.6. The van der Waals surface area contributed by atoms with Crippen LogP contribution in [0.1, 0.15) is 36.8 Å². The molecular formula is C22H19Br2IN2O2. The van der Waals surface area contributed by atoms with Crippen molar-refractivity contribution >= 4 is 66.4 Å². The molecule has 2 aromatic rings. The largest absolute Gasteiger partial charge is 0.487 e. The molecule has 1 aliphatic rings. The van der Waals surface area contributed by atoms with Crippen LogP contribution in [0.5, 0.6) is 5.75 Å². The molecule has 0 saturated heterocycles. The first-order valence-electron chi connectivity index (χ1n) is 9.25. The molecule has 0 aliphatic heterocycles. The Morgan fingerprint density at radius 3 is 2.41 bits per heavy atom. The number of nitrogens with zero attached hydrogens (tertiary/aromatic N) is 1. The fourth-order valence-corrected chi connectivity index (χ4v) is 5.00. The van der Waals surface area contributed by atoms with Crippen LogP contribution in [0.2, 0.25) is 0 Å². The molecule has 29 heavy (non-hydrogen) atoms. The minimum atomic E-state index is -0.314. The minimum Gasteiger partial charge on any atom is -0.487 e. The fourth-order valence-electron chi connectivity index (χ4n) is 3.19. The second-order valence-electron chi connectivity index (χ2n) is 6.85. The number of amides is 1. The second-order valence-corrected chi connectivity index (χ2v) is 9.81. The number of carbonyl (C=O) groups excluding carboxylic acids is 1. The highest BCUT2D eigenvalue weighted by atomic mass is 127. The van der Waals surface area contributed by atoms with E-state index in [0.717, 1.165) is 45.8 Å². The second kappa shape index (κ2) is 10.6. The van der Waals surface area contributed by atoms with E-state index in [1.54, 1.807) is 6.08 Å². The molecule has 4 nitrogen and oxygen atoms in total. The smallest absolute Gasteiger partial charge is 0.262 e. The van der Waals surface area contributed by atoms with Gasteiger partial charge in [0.05, 0.1) is 8.95 Å². The maximum Gasteiger partial charge on any atom is 0.262 e. The van der Waals surface area contributed by atoms with E-state index in [4.69, 9.17) is 4.74 Å². The van der Waals surface area contributed by atoms with E-state index < -0.39 is 0 Å². The van der Waals surface area contributed by atoms with Gasteiger partial charge in [0.25, 0.3) is 5.91 Å². The molecule has 0 radical (unpaired) electrons. The maximum absolute atomic E-state index is 12.4. The first-order chi connectivity index (χ1) is 14.0. The maximum atomic E-state index is 12.4. The highest BCUT2D eigenvalue weighted by Gasteiger charge is 2.19. The summed E-state index contributed by atoms with van der Waals surface area (Å²) in [5.41, 5.74) is 1.91. The predicted octanol–water partition coefficient (Wildman–Crippen LogP) is 6.36. The van der Waals surface area contributed by atoms with Crippen LogP contribution in [0.15, 0.2) is 50.9 Å². The van der Waals surface area contributed by atoms with E-state index in [1.165, 1.54) is 3.57 Å². The van der Waals surface area contributed by atoms with Crippen LogP contribution in [-0.4, -0.2) is 11.9 Å². The minimum absolute atomic E-state index is 0.100. The first kappa shape index (κ1) is 22.3. The molecule has 0 aromatic heterocycles. The summed E-state index contributed by atoms with van der Waals surface area (Å²) in [5.74, 6) is 0.361. The van der Waals surface area contributed by atoms with Crippen molar-refractivity contribution in [3.63, 3.8) is 0 Å². The Hall–Kier alpha value is -1.37. The number of benzene rings is 2. The average Bonchev–Trinajstić information content (AvgIpc) is 3.19. The van der Waals surface area contributed by atoms with Gasteiger partial charge in [-0.15, -0.1) is 0 Å². The van der Waals surface area contributed by atoms with Gasteiger partial charge in [-0.05, 0) is 109 Å². The lowest BCUT2D eigenvalue weighted by Crippen LogP contribution is -2.33. The lowest BCUT2D eigenvalue weighted by Gasteiger charge is -2.13. The summed E-state index contributed by atoms with van der Waals surface area (Å²) < 4.78 is 8.63. The Morgan fingerprint density at radius 1 is 1.21 bits per heavy atom. The van der Waals surface area contributed by atoms with Gasteiger partial charge in [-0.2, -0.15) is 5.26 Å². The molecule has 7 heteroatoms. The van der Waals surface area contributed by atoms with Crippen molar-refractivity contribution in [1.29, 1.82) is 5.26 Å². The van der Waals surface area contributed by atoms with Gasteiger partial charge in [-0.1, -0.05) is 25.0 Å². The molecule has 1 N–H and O–H groups in total. The molecule has 1 aliphatic carbocycles. The van der Waals surface area contributed by atoms with Gasteiger partial charge < -0.3 is 10.1 Å². The quantitative estimate of drug-likeness (QED) is 0.230. The Labute approximate surface area is 201 Å². The fraction of sp³-hybridized carbons (Fsp3) is 0.273. The predicted molar refractivity (Wildman–Crippen MR) is 129 cm³/mol. The Kier molecular flexibility index (Phi) is 8.16. The molecule has 2 aromatic carbocycles. The number of nitriles is 1. The summed E-state index contributed by atoms with van der Waals surface area (Å²) in [6.07, 6.45) is 5.81. The van der Waals surface area contributed by atoms with Gasteiger partial charge in [-0.25, -0.2) is 0 Å². The molecule has 3 rings (SSSR count). The van der Waals surface area contributed by atoms with Crippen LogP contribution in [0.25, 0.3) is 6.08 Å². The van der Waals surface area contributed by atoms with Gasteiger partial charge in [0.15, 0.2) is 0 Å². The summed E-state index contributed by atoms with van der Waals surface area (Å²) in [4.78, 5) is 12.4. The van der Waals surface area contributed by atoms with E-state index in [0.29, 0.717) is 12.4 Å². The van der Waals surface area contributed by atoms with Crippen LogP contribution < -0.4 is 10.1 Å². The zero-order valence-corrected chi connectivity index (χ0v) is 20.9. The number of hydrogen-bond acceptors (Lipinski definition) is 3. The summed E-state index contributed by atoms with van der Waals surface area (Å²) in [6, 6.07) is 14.0. The van der Waals surface area contributed by atoms with Crippen molar-refractivity contribution < 1.29 is 9.53 Å². The molecule has 0 heterocycles. The van der Waals surface area contributed by atoms with E-state index in [2.05, 4.69) is 59.8 Å². The van der Waals surface area contributed by atoms with Gasteiger partial charge in [0.1, 0.15) is 24.0 Å². The Balaban J connectivity index is 1.73. The molecule has 1 amide bonds. The van der Waals surface area contributed by atoms with Crippen LogP contribution in [0.3, 0.4) is 0 Å². The Morgan fingerprint density at radius 2 is 1.83 bits per heavy atom. The number of rotatable bonds is 6. The lowest BCUT2D eigenvalue weighted by atomic mass is 10.1. The topological polar surface area (TPSA) is 62.1 Å². The summed E-state index contributed by atoms with van der Waals surface area (Å²) in [6.45, 7) is 0.441. The van der Waals surface area contributed by atoms with E-state index in [1.807, 2.05) is 42.5 Å². The third kappa shape index (κ3) is 6.30. The lowest BCUT2D eigenvalue weighted by molar-refractivity contribution is -0.117.